The molecule has 150 valence electrons. The molecular formula is C21H16N10. The largest absolute Gasteiger partial charge is 0.325 e. The minimum atomic E-state index is 0.658. The molecule has 6 rings (SSSR count). The van der Waals surface area contributed by atoms with Gasteiger partial charge in [0.05, 0.1) is 5.22 Å². The topological polar surface area (TPSA) is 115 Å². The van der Waals surface area contributed by atoms with Crippen molar-refractivity contribution in [2.75, 3.05) is 0 Å². The SMILES string of the molecule is Cc1nc2/c(=C\c3c(-c4ccncc4)nn4nc(C)[nH]c34)c(-c3ccncc3)nn2n1. The normalized spacial score (nSPS) is 12.4. The Morgan fingerprint density at radius 2 is 1.42 bits per heavy atom. The van der Waals surface area contributed by atoms with Gasteiger partial charge < -0.3 is 4.98 Å². The number of nitrogens with zero attached hydrogens (tertiary/aromatic N) is 9. The summed E-state index contributed by atoms with van der Waals surface area (Å²) in [4.78, 5) is 16.2. The van der Waals surface area contributed by atoms with Crippen molar-refractivity contribution < 1.29 is 0 Å². The van der Waals surface area contributed by atoms with Gasteiger partial charge in [-0.15, -0.1) is 29.7 Å². The molecule has 0 unspecified atom stereocenters. The Hall–Kier alpha value is -4.47. The third-order valence-electron chi connectivity index (χ3n) is 5.03. The van der Waals surface area contributed by atoms with E-state index in [9.17, 15) is 0 Å². The van der Waals surface area contributed by atoms with Crippen molar-refractivity contribution in [3.63, 3.8) is 0 Å². The fraction of sp³-hybridized carbons (Fsp3) is 0.0952. The lowest BCUT2D eigenvalue weighted by Gasteiger charge is -1.99. The van der Waals surface area contributed by atoms with Crippen LogP contribution in [0.3, 0.4) is 0 Å². The number of aryl methyl sites for hydroxylation is 2. The minimum Gasteiger partial charge on any atom is -0.325 e. The molecule has 0 amide bonds. The number of pyridine rings is 2. The fourth-order valence-electron chi connectivity index (χ4n) is 3.70. The van der Waals surface area contributed by atoms with E-state index in [2.05, 4.69) is 30.1 Å². The van der Waals surface area contributed by atoms with Gasteiger partial charge >= 0.3 is 0 Å². The quantitative estimate of drug-likeness (QED) is 0.475. The molecule has 0 saturated carbocycles. The summed E-state index contributed by atoms with van der Waals surface area (Å²) in [7, 11) is 0. The van der Waals surface area contributed by atoms with Crippen LogP contribution in [-0.2, 0) is 0 Å². The number of aromatic amines is 1. The van der Waals surface area contributed by atoms with Gasteiger partial charge in [0.25, 0.3) is 0 Å². The standard InChI is InChI=1S/C21H16N10/c1-12-24-20-16(18(28-30(20)26-12)14-3-7-22-8-4-14)11-17-19(15-5-9-23-10-6-15)29-31-21(17)25-13(2)27-31/h3-11H,1-2H3,(H,24,26)/b17-11-. The van der Waals surface area contributed by atoms with Crippen molar-refractivity contribution in [3.8, 4) is 22.5 Å². The first kappa shape index (κ1) is 17.4. The van der Waals surface area contributed by atoms with E-state index in [1.807, 2.05) is 44.2 Å². The molecule has 10 heteroatoms. The van der Waals surface area contributed by atoms with Crippen LogP contribution >= 0.6 is 0 Å². The highest BCUT2D eigenvalue weighted by Crippen LogP contribution is 2.26. The number of hydrogen-bond acceptors (Lipinski definition) is 7. The van der Waals surface area contributed by atoms with Crippen LogP contribution in [0.25, 0.3) is 39.9 Å². The maximum Gasteiger partial charge on any atom is 0.185 e. The monoisotopic (exact) mass is 408 g/mol. The lowest BCUT2D eigenvalue weighted by atomic mass is 10.1. The van der Waals surface area contributed by atoms with Gasteiger partial charge in [-0.1, -0.05) is 0 Å². The van der Waals surface area contributed by atoms with Crippen molar-refractivity contribution >= 4 is 17.4 Å². The van der Waals surface area contributed by atoms with E-state index in [1.54, 1.807) is 34.0 Å². The Balaban J connectivity index is 1.71. The molecule has 0 aliphatic heterocycles. The van der Waals surface area contributed by atoms with Crippen molar-refractivity contribution in [1.82, 2.24) is 49.6 Å². The Morgan fingerprint density at radius 1 is 0.774 bits per heavy atom. The Morgan fingerprint density at radius 3 is 2.13 bits per heavy atom. The number of aromatic nitrogens is 10. The van der Waals surface area contributed by atoms with Crippen LogP contribution in [0.1, 0.15) is 17.2 Å². The molecule has 0 atom stereocenters. The van der Waals surface area contributed by atoms with Gasteiger partial charge in [-0.25, -0.2) is 4.98 Å². The van der Waals surface area contributed by atoms with Crippen LogP contribution in [0.15, 0.2) is 49.1 Å². The zero-order chi connectivity index (χ0) is 20.9. The summed E-state index contributed by atoms with van der Waals surface area (Å²) in [5.41, 5.74) is 5.79. The summed E-state index contributed by atoms with van der Waals surface area (Å²) >= 11 is 0. The van der Waals surface area contributed by atoms with E-state index >= 15 is 0 Å². The highest BCUT2D eigenvalue weighted by molar-refractivity contribution is 5.83. The van der Waals surface area contributed by atoms with Gasteiger partial charge in [-0.3, -0.25) is 9.97 Å². The van der Waals surface area contributed by atoms with Crippen molar-refractivity contribution in [2.24, 2.45) is 0 Å². The van der Waals surface area contributed by atoms with Gasteiger partial charge in [0, 0.05) is 41.5 Å². The predicted octanol–water partition coefficient (Wildman–Crippen LogP) is 1.78. The van der Waals surface area contributed by atoms with E-state index in [0.717, 1.165) is 44.8 Å². The second-order valence-electron chi connectivity index (χ2n) is 7.16. The van der Waals surface area contributed by atoms with Crippen LogP contribution in [0.4, 0.5) is 0 Å². The Kier molecular flexibility index (Phi) is 3.66. The number of nitrogens with one attached hydrogen (secondary N) is 1. The Labute approximate surface area is 175 Å². The summed E-state index contributed by atoms with van der Waals surface area (Å²) in [6, 6.07) is 7.69. The smallest absolute Gasteiger partial charge is 0.185 e. The van der Waals surface area contributed by atoms with Crippen LogP contribution in [0.5, 0.6) is 0 Å². The third-order valence-corrected chi connectivity index (χ3v) is 5.03. The summed E-state index contributed by atoms with van der Waals surface area (Å²) in [5, 5.41) is 19.1. The number of rotatable bonds is 3. The molecule has 0 aliphatic rings. The predicted molar refractivity (Wildman–Crippen MR) is 113 cm³/mol. The van der Waals surface area contributed by atoms with E-state index in [-0.39, 0.29) is 0 Å². The van der Waals surface area contributed by atoms with Crippen molar-refractivity contribution in [3.05, 3.63) is 71.5 Å². The molecular weight excluding hydrogens is 392 g/mol. The van der Waals surface area contributed by atoms with E-state index < -0.39 is 0 Å². The van der Waals surface area contributed by atoms with E-state index in [0.29, 0.717) is 11.5 Å². The van der Waals surface area contributed by atoms with Crippen LogP contribution in [-0.4, -0.2) is 49.6 Å². The lowest BCUT2D eigenvalue weighted by Crippen LogP contribution is -2.04. The summed E-state index contributed by atoms with van der Waals surface area (Å²) in [6.45, 7) is 3.75. The fourth-order valence-corrected chi connectivity index (χ4v) is 3.70. The highest BCUT2D eigenvalue weighted by Gasteiger charge is 2.19. The van der Waals surface area contributed by atoms with Gasteiger partial charge in [0.1, 0.15) is 23.0 Å². The highest BCUT2D eigenvalue weighted by atomic mass is 15.5. The van der Waals surface area contributed by atoms with Crippen molar-refractivity contribution in [1.29, 1.82) is 0 Å². The summed E-state index contributed by atoms with van der Waals surface area (Å²) in [6.07, 6.45) is 9.03. The molecule has 0 spiro atoms. The van der Waals surface area contributed by atoms with Crippen LogP contribution in [0, 0.1) is 13.8 Å². The van der Waals surface area contributed by atoms with Crippen LogP contribution in [0.2, 0.25) is 0 Å². The number of fused-ring (bicyclic) bond motifs is 2. The lowest BCUT2D eigenvalue weighted by molar-refractivity contribution is 0.809. The molecule has 10 nitrogen and oxygen atoms in total. The third kappa shape index (κ3) is 2.76. The van der Waals surface area contributed by atoms with E-state index in [1.165, 1.54) is 0 Å². The van der Waals surface area contributed by atoms with Gasteiger partial charge in [-0.05, 0) is 44.2 Å². The minimum absolute atomic E-state index is 0.658. The molecule has 1 N–H and O–H groups in total. The first-order valence-corrected chi connectivity index (χ1v) is 9.69. The van der Waals surface area contributed by atoms with Gasteiger partial charge in [0.2, 0.25) is 0 Å². The molecule has 6 heterocycles. The van der Waals surface area contributed by atoms with E-state index in [4.69, 9.17) is 10.2 Å². The molecule has 6 aromatic rings. The summed E-state index contributed by atoms with van der Waals surface area (Å²) in [5.74, 6) is 1.43. The maximum absolute atomic E-state index is 4.71. The van der Waals surface area contributed by atoms with Crippen molar-refractivity contribution in [2.45, 2.75) is 13.8 Å². The number of hydrogen-bond donors (Lipinski definition) is 1. The molecule has 0 radical (unpaired) electrons. The molecule has 0 aromatic carbocycles. The van der Waals surface area contributed by atoms with Gasteiger partial charge in [-0.2, -0.15) is 0 Å². The maximum atomic E-state index is 4.71. The molecule has 0 aliphatic carbocycles. The Bertz CT molecular complexity index is 1590. The summed E-state index contributed by atoms with van der Waals surface area (Å²) < 4.78 is 3.19. The molecule has 31 heavy (non-hydrogen) atoms. The second-order valence-corrected chi connectivity index (χ2v) is 7.16. The second kappa shape index (κ2) is 6.52. The first-order chi connectivity index (χ1) is 15.2. The average molecular weight is 408 g/mol. The van der Waals surface area contributed by atoms with Crippen LogP contribution < -0.4 is 5.22 Å². The molecule has 0 saturated heterocycles. The zero-order valence-corrected chi connectivity index (χ0v) is 16.7. The average Bonchev–Trinajstić information content (AvgIpc) is 3.50. The number of H-pyrrole nitrogens is 1. The van der Waals surface area contributed by atoms with Gasteiger partial charge in [0.15, 0.2) is 11.3 Å². The molecule has 0 bridgehead atoms. The first-order valence-electron chi connectivity index (χ1n) is 9.69. The molecule has 0 fully saturated rings. The molecule has 6 aromatic heterocycles. The zero-order valence-electron chi connectivity index (χ0n) is 16.7.